The molecule has 0 radical (unpaired) electrons. The molecule has 4 heterocycles. The summed E-state index contributed by atoms with van der Waals surface area (Å²) < 4.78 is 8.24. The minimum atomic E-state index is -0.869. The fourth-order valence-corrected chi connectivity index (χ4v) is 7.63. The summed E-state index contributed by atoms with van der Waals surface area (Å²) in [6, 6.07) is 16.8. The van der Waals surface area contributed by atoms with Crippen molar-refractivity contribution in [1.29, 1.82) is 0 Å². The first kappa shape index (κ1) is 24.4. The molecule has 0 unspecified atom stereocenters. The number of ether oxygens (including phenoxy) is 1. The van der Waals surface area contributed by atoms with Gasteiger partial charge in [-0.1, -0.05) is 31.4 Å². The zero-order chi connectivity index (χ0) is 26.5. The van der Waals surface area contributed by atoms with Crippen LogP contribution in [0.15, 0.2) is 60.9 Å². The number of pyridine rings is 1. The smallest absolute Gasteiger partial charge is 0.335 e. The van der Waals surface area contributed by atoms with Gasteiger partial charge in [-0.25, -0.2) is 4.79 Å². The summed E-state index contributed by atoms with van der Waals surface area (Å²) >= 11 is 0. The van der Waals surface area contributed by atoms with Crippen LogP contribution in [0.4, 0.5) is 0 Å². The standard InChI is InChI=1S/C33H35N3O3/c1-39-25-10-12-26-28(17-25)31-24(13-15-35(31)19-21-6-5-14-34-18-21)20-36-29-16-23(33(37)38)9-11-27(29)30(32(26)36)22-7-3-2-4-8-22/h5-6,9-12,14,16-18,22,24,31H,2-4,7-8,13,15,19-20H2,1H3,(H,37,38)/t24-,31+/m1/s1. The van der Waals surface area contributed by atoms with Gasteiger partial charge in [0.25, 0.3) is 0 Å². The summed E-state index contributed by atoms with van der Waals surface area (Å²) in [4.78, 5) is 19.0. The van der Waals surface area contributed by atoms with E-state index in [2.05, 4.69) is 44.8 Å². The second-order valence-electron chi connectivity index (χ2n) is 11.5. The van der Waals surface area contributed by atoms with Crippen molar-refractivity contribution in [1.82, 2.24) is 14.5 Å². The Hall–Kier alpha value is -3.64. The van der Waals surface area contributed by atoms with E-state index in [-0.39, 0.29) is 6.04 Å². The van der Waals surface area contributed by atoms with Crippen molar-refractivity contribution < 1.29 is 14.6 Å². The third kappa shape index (κ3) is 4.13. The van der Waals surface area contributed by atoms with Crippen LogP contribution in [0.3, 0.4) is 0 Å². The summed E-state index contributed by atoms with van der Waals surface area (Å²) in [7, 11) is 1.75. The number of hydrogen-bond acceptors (Lipinski definition) is 4. The molecule has 1 saturated carbocycles. The fraction of sp³-hybridized carbons (Fsp3) is 0.394. The van der Waals surface area contributed by atoms with E-state index in [4.69, 9.17) is 4.74 Å². The Kier molecular flexibility index (Phi) is 6.15. The molecule has 6 nitrogen and oxygen atoms in total. The van der Waals surface area contributed by atoms with Gasteiger partial charge >= 0.3 is 5.97 Å². The van der Waals surface area contributed by atoms with Crippen LogP contribution in [0, 0.1) is 5.92 Å². The largest absolute Gasteiger partial charge is 0.497 e. The van der Waals surface area contributed by atoms with Gasteiger partial charge in [0.2, 0.25) is 0 Å². The lowest BCUT2D eigenvalue weighted by molar-refractivity contribution is 0.0697. The molecule has 39 heavy (non-hydrogen) atoms. The molecule has 2 aromatic heterocycles. The van der Waals surface area contributed by atoms with Crippen LogP contribution in [-0.2, 0) is 13.1 Å². The van der Waals surface area contributed by atoms with E-state index in [1.54, 1.807) is 13.2 Å². The number of nitrogens with zero attached hydrogens (tertiary/aromatic N) is 3. The quantitative estimate of drug-likeness (QED) is 0.305. The molecule has 1 aliphatic carbocycles. The number of aromatic carboxylic acids is 1. The zero-order valence-corrected chi connectivity index (χ0v) is 22.5. The number of benzene rings is 2. The van der Waals surface area contributed by atoms with Crippen molar-refractivity contribution in [2.24, 2.45) is 5.92 Å². The van der Waals surface area contributed by atoms with Crippen molar-refractivity contribution in [3.05, 3.63) is 83.2 Å². The van der Waals surface area contributed by atoms with E-state index in [9.17, 15) is 9.90 Å². The topological polar surface area (TPSA) is 67.6 Å². The molecular formula is C33H35N3O3. The first-order valence-electron chi connectivity index (χ1n) is 14.3. The van der Waals surface area contributed by atoms with Gasteiger partial charge in [-0.05, 0) is 90.7 Å². The van der Waals surface area contributed by atoms with Gasteiger partial charge in [0, 0.05) is 48.0 Å². The van der Waals surface area contributed by atoms with Crippen LogP contribution in [0.1, 0.15) is 77.5 Å². The summed E-state index contributed by atoms with van der Waals surface area (Å²) in [5.74, 6) is 0.925. The van der Waals surface area contributed by atoms with Crippen LogP contribution >= 0.6 is 0 Å². The number of likely N-dealkylation sites (tertiary alicyclic amines) is 1. The maximum absolute atomic E-state index is 12.0. The molecule has 1 N–H and O–H groups in total. The monoisotopic (exact) mass is 521 g/mol. The van der Waals surface area contributed by atoms with Crippen LogP contribution in [0.25, 0.3) is 22.2 Å². The Bertz CT molecular complexity index is 1540. The van der Waals surface area contributed by atoms with Gasteiger partial charge in [-0.15, -0.1) is 0 Å². The SMILES string of the molecule is COc1ccc2c(c1)[C@@H]1[C@H](CCN1Cc1cccnc1)Cn1c-2c(C2CCCCC2)c2ccc(C(=O)O)cc21. The molecule has 200 valence electrons. The first-order chi connectivity index (χ1) is 19.1. The molecule has 2 fully saturated rings. The Balaban J connectivity index is 1.46. The number of carboxylic acids is 1. The number of methoxy groups -OCH3 is 1. The summed E-state index contributed by atoms with van der Waals surface area (Å²) in [6.07, 6.45) is 11.1. The Labute approximate surface area is 229 Å². The Morgan fingerprint density at radius 3 is 2.72 bits per heavy atom. The second kappa shape index (κ2) is 9.83. The summed E-state index contributed by atoms with van der Waals surface area (Å²) in [5.41, 5.74) is 7.98. The van der Waals surface area contributed by atoms with Crippen molar-refractivity contribution in [2.75, 3.05) is 13.7 Å². The molecule has 1 saturated heterocycles. The van der Waals surface area contributed by atoms with Gasteiger partial charge in [0.05, 0.1) is 18.4 Å². The van der Waals surface area contributed by atoms with Crippen LogP contribution in [0.5, 0.6) is 5.75 Å². The molecule has 6 heteroatoms. The second-order valence-corrected chi connectivity index (χ2v) is 11.5. The van der Waals surface area contributed by atoms with Crippen molar-refractivity contribution in [2.45, 2.75) is 63.6 Å². The van der Waals surface area contributed by atoms with Gasteiger partial charge in [-0.2, -0.15) is 0 Å². The number of rotatable bonds is 5. The minimum Gasteiger partial charge on any atom is -0.497 e. The van der Waals surface area contributed by atoms with E-state index < -0.39 is 5.97 Å². The maximum atomic E-state index is 12.0. The van der Waals surface area contributed by atoms with Crippen LogP contribution < -0.4 is 4.74 Å². The van der Waals surface area contributed by atoms with Crippen LogP contribution in [-0.4, -0.2) is 39.2 Å². The van der Waals surface area contributed by atoms with Gasteiger partial charge in [0.1, 0.15) is 5.75 Å². The van der Waals surface area contributed by atoms with E-state index >= 15 is 0 Å². The first-order valence-corrected chi connectivity index (χ1v) is 14.3. The molecular weight excluding hydrogens is 486 g/mol. The highest BCUT2D eigenvalue weighted by molar-refractivity contribution is 5.98. The van der Waals surface area contributed by atoms with E-state index in [1.807, 2.05) is 24.5 Å². The highest BCUT2D eigenvalue weighted by Gasteiger charge is 2.41. The number of carbonyl (C=O) groups is 1. The Morgan fingerprint density at radius 2 is 1.95 bits per heavy atom. The number of carboxylic acid groups (broad SMARTS) is 1. The fourth-order valence-electron chi connectivity index (χ4n) is 7.63. The van der Waals surface area contributed by atoms with Gasteiger partial charge in [-0.3, -0.25) is 9.88 Å². The highest BCUT2D eigenvalue weighted by Crippen LogP contribution is 2.52. The Morgan fingerprint density at radius 1 is 1.08 bits per heavy atom. The maximum Gasteiger partial charge on any atom is 0.335 e. The lowest BCUT2D eigenvalue weighted by Crippen LogP contribution is -2.26. The molecule has 2 atom stereocenters. The average molecular weight is 522 g/mol. The molecule has 2 aromatic carbocycles. The van der Waals surface area contributed by atoms with Crippen molar-refractivity contribution >= 4 is 16.9 Å². The van der Waals surface area contributed by atoms with Gasteiger partial charge < -0.3 is 14.4 Å². The third-order valence-electron chi connectivity index (χ3n) is 9.35. The average Bonchev–Trinajstić information content (AvgIpc) is 3.47. The lowest BCUT2D eigenvalue weighted by Gasteiger charge is -2.29. The van der Waals surface area contributed by atoms with Crippen LogP contribution in [0.2, 0.25) is 0 Å². The van der Waals surface area contributed by atoms with E-state index in [0.29, 0.717) is 17.4 Å². The predicted octanol–water partition coefficient (Wildman–Crippen LogP) is 7.03. The molecule has 0 amide bonds. The number of aromatic nitrogens is 2. The van der Waals surface area contributed by atoms with Crippen molar-refractivity contribution in [3.8, 4) is 17.0 Å². The normalized spacial score (nSPS) is 21.3. The van der Waals surface area contributed by atoms with E-state index in [1.165, 1.54) is 65.4 Å². The van der Waals surface area contributed by atoms with E-state index in [0.717, 1.165) is 37.3 Å². The zero-order valence-electron chi connectivity index (χ0n) is 22.5. The number of hydrogen-bond donors (Lipinski definition) is 1. The molecule has 0 spiro atoms. The molecule has 3 aliphatic rings. The number of fused-ring (bicyclic) bond motifs is 7. The van der Waals surface area contributed by atoms with Crippen molar-refractivity contribution in [3.63, 3.8) is 0 Å². The highest BCUT2D eigenvalue weighted by atomic mass is 16.5. The lowest BCUT2D eigenvalue weighted by atomic mass is 9.81. The molecule has 2 aliphatic heterocycles. The summed E-state index contributed by atoms with van der Waals surface area (Å²) in [5, 5.41) is 11.1. The molecule has 7 rings (SSSR count). The molecule has 4 aromatic rings. The summed E-state index contributed by atoms with van der Waals surface area (Å²) in [6.45, 7) is 2.76. The minimum absolute atomic E-state index is 0.257. The third-order valence-corrected chi connectivity index (χ3v) is 9.35. The van der Waals surface area contributed by atoms with Gasteiger partial charge in [0.15, 0.2) is 0 Å². The molecule has 0 bridgehead atoms. The predicted molar refractivity (Wildman–Crippen MR) is 152 cm³/mol.